The van der Waals surface area contributed by atoms with Crippen LogP contribution in [0.1, 0.15) is 30.1 Å². The van der Waals surface area contributed by atoms with Crippen molar-refractivity contribution in [2.24, 2.45) is 0 Å². The number of aromatic amines is 1. The second-order valence-electron chi connectivity index (χ2n) is 8.14. The van der Waals surface area contributed by atoms with Gasteiger partial charge in [0.25, 0.3) is 0 Å². The van der Waals surface area contributed by atoms with Crippen LogP contribution >= 0.6 is 0 Å². The first-order valence-electron chi connectivity index (χ1n) is 10.5. The molecule has 1 aromatic heterocycles. The molecule has 0 amide bonds. The van der Waals surface area contributed by atoms with Gasteiger partial charge in [-0.1, -0.05) is 42.5 Å². The molecule has 4 aromatic rings. The van der Waals surface area contributed by atoms with E-state index in [-0.39, 0.29) is 23.5 Å². The second-order valence-corrected chi connectivity index (χ2v) is 8.14. The monoisotopic (exact) mass is 419 g/mol. The predicted molar refractivity (Wildman–Crippen MR) is 116 cm³/mol. The van der Waals surface area contributed by atoms with E-state index >= 15 is 0 Å². The first-order valence-corrected chi connectivity index (χ1v) is 10.5. The molecule has 158 valence electrons. The Morgan fingerprint density at radius 2 is 1.74 bits per heavy atom. The summed E-state index contributed by atoms with van der Waals surface area (Å²) in [4.78, 5) is 7.42. The Hall–Kier alpha value is -3.09. The summed E-state index contributed by atoms with van der Waals surface area (Å²) >= 11 is 0. The van der Waals surface area contributed by atoms with Crippen molar-refractivity contribution in [1.29, 1.82) is 0 Å². The number of halogens is 2. The van der Waals surface area contributed by atoms with Crippen LogP contribution in [0, 0.1) is 11.6 Å². The van der Waals surface area contributed by atoms with Crippen molar-refractivity contribution in [3.63, 3.8) is 0 Å². The maximum atomic E-state index is 14.1. The molecule has 31 heavy (non-hydrogen) atoms. The summed E-state index contributed by atoms with van der Waals surface area (Å²) in [7, 11) is 0. The van der Waals surface area contributed by atoms with E-state index in [9.17, 15) is 13.9 Å². The Morgan fingerprint density at radius 1 is 0.968 bits per heavy atom. The molecule has 0 radical (unpaired) electrons. The van der Waals surface area contributed by atoms with E-state index in [1.807, 2.05) is 48.5 Å². The van der Waals surface area contributed by atoms with E-state index < -0.39 is 17.7 Å². The topological polar surface area (TPSA) is 60.9 Å². The lowest BCUT2D eigenvalue weighted by Crippen LogP contribution is -2.35. The number of aromatic nitrogens is 2. The number of aliphatic hydroxyl groups is 1. The summed E-state index contributed by atoms with van der Waals surface area (Å²) in [5.74, 6) is -1.09. The number of rotatable bonds is 5. The fourth-order valence-electron chi connectivity index (χ4n) is 4.45. The fourth-order valence-corrected chi connectivity index (χ4v) is 4.45. The summed E-state index contributed by atoms with van der Waals surface area (Å²) in [6.45, 7) is 0. The molecule has 0 unspecified atom stereocenters. The third-order valence-electron chi connectivity index (χ3n) is 6.03. The molecule has 1 saturated heterocycles. The lowest BCUT2D eigenvalue weighted by molar-refractivity contribution is 0.135. The zero-order chi connectivity index (χ0) is 21.4. The number of aliphatic hydroxyl groups excluding tert-OH is 1. The van der Waals surface area contributed by atoms with E-state index in [1.54, 1.807) is 0 Å². The zero-order valence-corrected chi connectivity index (χ0v) is 16.9. The van der Waals surface area contributed by atoms with Gasteiger partial charge in [0.2, 0.25) is 0 Å². The van der Waals surface area contributed by atoms with Gasteiger partial charge in [0.1, 0.15) is 17.5 Å². The molecule has 0 bridgehead atoms. The molecule has 6 heteroatoms. The minimum atomic E-state index is -0.641. The van der Waals surface area contributed by atoms with Gasteiger partial charge in [-0.2, -0.15) is 0 Å². The molecule has 5 rings (SSSR count). The molecule has 0 aliphatic carbocycles. The van der Waals surface area contributed by atoms with Crippen LogP contribution in [0.4, 0.5) is 8.78 Å². The Bertz CT molecular complexity index is 1190. The largest absolute Gasteiger partial charge is 0.387 e. The molecule has 2 heterocycles. The Balaban J connectivity index is 1.31. The summed E-state index contributed by atoms with van der Waals surface area (Å²) in [5, 5.41) is 14.2. The molecule has 3 aromatic carbocycles. The van der Waals surface area contributed by atoms with Crippen molar-refractivity contribution < 1.29 is 13.9 Å². The highest BCUT2D eigenvalue weighted by Crippen LogP contribution is 2.29. The predicted octanol–water partition coefficient (Wildman–Crippen LogP) is 4.90. The van der Waals surface area contributed by atoms with Gasteiger partial charge < -0.3 is 15.4 Å². The lowest BCUT2D eigenvalue weighted by atomic mass is 10.0. The Labute approximate surface area is 179 Å². The average molecular weight is 419 g/mol. The lowest BCUT2D eigenvalue weighted by Gasteiger charge is -2.20. The summed E-state index contributed by atoms with van der Waals surface area (Å²) in [5.41, 5.74) is 3.29. The highest BCUT2D eigenvalue weighted by molar-refractivity contribution is 5.80. The number of H-pyrrole nitrogens is 1. The van der Waals surface area contributed by atoms with Gasteiger partial charge in [0, 0.05) is 12.1 Å². The number of hydrogen-bond acceptors (Lipinski definition) is 3. The number of nitrogens with zero attached hydrogens (tertiary/aromatic N) is 1. The van der Waals surface area contributed by atoms with Crippen molar-refractivity contribution in [1.82, 2.24) is 15.3 Å². The standard InChI is InChI=1S/C25H23F2N3O/c26-18-7-4-8-19(27)23(18)25-29-20-11-9-15(14-22(20)30-25)13-17-10-12-21(28-17)24(31)16-5-2-1-3-6-16/h1-9,11,14,17,21,24,28,31H,10,12-13H2,(H,29,30)/t17-,21+,24+/m0/s1. The first-order chi connectivity index (χ1) is 15.1. The van der Waals surface area contributed by atoms with E-state index in [0.29, 0.717) is 5.52 Å². The quantitative estimate of drug-likeness (QED) is 0.431. The molecular formula is C25H23F2N3O. The highest BCUT2D eigenvalue weighted by Gasteiger charge is 2.30. The van der Waals surface area contributed by atoms with Gasteiger partial charge in [-0.3, -0.25) is 0 Å². The number of hydrogen-bond donors (Lipinski definition) is 3. The van der Waals surface area contributed by atoms with E-state index in [1.165, 1.54) is 18.2 Å². The molecule has 1 aliphatic rings. The second kappa shape index (κ2) is 8.21. The average Bonchev–Trinajstić information content (AvgIpc) is 3.40. The highest BCUT2D eigenvalue weighted by atomic mass is 19.1. The van der Waals surface area contributed by atoms with Crippen LogP contribution in [-0.4, -0.2) is 27.2 Å². The number of benzene rings is 3. The van der Waals surface area contributed by atoms with Crippen LogP contribution in [0.2, 0.25) is 0 Å². The summed E-state index contributed by atoms with van der Waals surface area (Å²) in [6, 6.07) is 19.6. The molecule has 1 aliphatic heterocycles. The third kappa shape index (κ3) is 3.96. The van der Waals surface area contributed by atoms with Crippen LogP contribution in [0.3, 0.4) is 0 Å². The molecule has 3 atom stereocenters. The smallest absolute Gasteiger partial charge is 0.144 e. The number of imidazole rings is 1. The van der Waals surface area contributed by atoms with Crippen LogP contribution < -0.4 is 5.32 Å². The first kappa shape index (κ1) is 19.8. The van der Waals surface area contributed by atoms with Crippen molar-refractivity contribution >= 4 is 11.0 Å². The Morgan fingerprint density at radius 3 is 2.52 bits per heavy atom. The van der Waals surface area contributed by atoms with Crippen molar-refractivity contribution in [2.75, 3.05) is 0 Å². The van der Waals surface area contributed by atoms with Gasteiger partial charge in [-0.25, -0.2) is 13.8 Å². The van der Waals surface area contributed by atoms with E-state index in [2.05, 4.69) is 15.3 Å². The Kier molecular flexibility index (Phi) is 5.26. The van der Waals surface area contributed by atoms with Crippen molar-refractivity contribution in [3.05, 3.63) is 89.5 Å². The maximum absolute atomic E-state index is 14.1. The maximum Gasteiger partial charge on any atom is 0.144 e. The number of nitrogens with one attached hydrogen (secondary N) is 2. The van der Waals surface area contributed by atoms with Crippen LogP contribution in [0.15, 0.2) is 66.7 Å². The van der Waals surface area contributed by atoms with E-state index in [4.69, 9.17) is 0 Å². The molecule has 4 nitrogen and oxygen atoms in total. The fraction of sp³-hybridized carbons (Fsp3) is 0.240. The molecular weight excluding hydrogens is 396 g/mol. The van der Waals surface area contributed by atoms with Gasteiger partial charge >= 0.3 is 0 Å². The van der Waals surface area contributed by atoms with E-state index in [0.717, 1.165) is 35.9 Å². The van der Waals surface area contributed by atoms with Gasteiger partial charge in [-0.15, -0.1) is 0 Å². The van der Waals surface area contributed by atoms with Gasteiger partial charge in [-0.05, 0) is 54.7 Å². The third-order valence-corrected chi connectivity index (χ3v) is 6.03. The zero-order valence-electron chi connectivity index (χ0n) is 16.9. The minimum Gasteiger partial charge on any atom is -0.387 e. The summed E-state index contributed by atoms with van der Waals surface area (Å²) < 4.78 is 28.2. The molecule has 1 fully saturated rings. The molecule has 0 spiro atoms. The SMILES string of the molecule is O[C@H](c1ccccc1)[C@H]1CC[C@@H](Cc2ccc3nc(-c4c(F)cccc4F)[nH]c3c2)N1. The van der Waals surface area contributed by atoms with Gasteiger partial charge in [0.05, 0.1) is 22.7 Å². The minimum absolute atomic E-state index is 0.0268. The van der Waals surface area contributed by atoms with Crippen LogP contribution in [0.25, 0.3) is 22.4 Å². The number of fused-ring (bicyclic) bond motifs is 1. The van der Waals surface area contributed by atoms with Crippen molar-refractivity contribution in [3.8, 4) is 11.4 Å². The summed E-state index contributed by atoms with van der Waals surface area (Å²) in [6.07, 6.45) is 2.15. The van der Waals surface area contributed by atoms with Crippen LogP contribution in [-0.2, 0) is 6.42 Å². The molecule has 0 saturated carbocycles. The molecule has 3 N–H and O–H groups in total. The van der Waals surface area contributed by atoms with Gasteiger partial charge in [0.15, 0.2) is 0 Å². The van der Waals surface area contributed by atoms with Crippen molar-refractivity contribution in [2.45, 2.75) is 37.5 Å². The van der Waals surface area contributed by atoms with Crippen LogP contribution in [0.5, 0.6) is 0 Å². The normalized spacial score (nSPS) is 19.7.